The molecule has 0 amide bonds. The largest absolute Gasteiger partial charge is 0.389 e. The molecule has 1 aromatic rings. The third-order valence-corrected chi connectivity index (χ3v) is 3.41. The molecule has 0 aliphatic carbocycles. The van der Waals surface area contributed by atoms with E-state index in [0.29, 0.717) is 17.6 Å². The van der Waals surface area contributed by atoms with Gasteiger partial charge in [-0.1, -0.05) is 28.1 Å². The molecule has 3 nitrogen and oxygen atoms in total. The predicted molar refractivity (Wildman–Crippen MR) is 84.4 cm³/mol. The fourth-order valence-corrected chi connectivity index (χ4v) is 2.33. The maximum atomic E-state index is 5.80. The number of halogens is 1. The van der Waals surface area contributed by atoms with Crippen LogP contribution in [0.25, 0.3) is 0 Å². The molecule has 5 heteroatoms. The van der Waals surface area contributed by atoms with E-state index >= 15 is 0 Å². The monoisotopic (exact) mass is 330 g/mol. The molecular formula is C13H19BrN2OS. The Morgan fingerprint density at radius 1 is 1.50 bits per heavy atom. The van der Waals surface area contributed by atoms with Gasteiger partial charge in [0.25, 0.3) is 0 Å². The maximum Gasteiger partial charge on any atom is 0.106 e. The van der Waals surface area contributed by atoms with Crippen molar-refractivity contribution in [2.75, 3.05) is 25.2 Å². The van der Waals surface area contributed by atoms with Crippen LogP contribution in [0.5, 0.6) is 0 Å². The number of hydrogen-bond donors (Lipinski definition) is 1. The Hall–Kier alpha value is -0.650. The summed E-state index contributed by atoms with van der Waals surface area (Å²) in [5, 5.41) is 0. The van der Waals surface area contributed by atoms with Crippen LogP contribution in [0.2, 0.25) is 0 Å². The minimum atomic E-state index is 0.356. The lowest BCUT2D eigenvalue weighted by atomic mass is 10.1. The molecule has 18 heavy (non-hydrogen) atoms. The number of nitrogens with two attached hydrogens (primary N) is 1. The molecule has 0 aromatic heterocycles. The zero-order valence-electron chi connectivity index (χ0n) is 10.9. The highest BCUT2D eigenvalue weighted by Crippen LogP contribution is 2.26. The van der Waals surface area contributed by atoms with Crippen LogP contribution in [0.3, 0.4) is 0 Å². The first-order chi connectivity index (χ1) is 8.47. The molecule has 100 valence electrons. The molecule has 0 saturated heterocycles. The highest BCUT2D eigenvalue weighted by atomic mass is 79.9. The second-order valence-electron chi connectivity index (χ2n) is 4.31. The number of ether oxygens (including phenoxy) is 1. The van der Waals surface area contributed by atoms with Gasteiger partial charge in [0.15, 0.2) is 0 Å². The average Bonchev–Trinajstić information content (AvgIpc) is 2.30. The Labute approximate surface area is 122 Å². The second-order valence-corrected chi connectivity index (χ2v) is 5.66. The summed E-state index contributed by atoms with van der Waals surface area (Å²) in [5.74, 6) is 0. The molecule has 2 N–H and O–H groups in total. The van der Waals surface area contributed by atoms with Crippen molar-refractivity contribution in [1.29, 1.82) is 0 Å². The fourth-order valence-electron chi connectivity index (χ4n) is 1.80. The molecule has 0 spiro atoms. The summed E-state index contributed by atoms with van der Waals surface area (Å²) in [4.78, 5) is 2.65. The summed E-state index contributed by atoms with van der Waals surface area (Å²) in [6.07, 6.45) is 0. The second kappa shape index (κ2) is 7.07. The molecule has 0 unspecified atom stereocenters. The van der Waals surface area contributed by atoms with Gasteiger partial charge in [-0.15, -0.1) is 0 Å². The van der Waals surface area contributed by atoms with Gasteiger partial charge in [0.2, 0.25) is 0 Å². The lowest BCUT2D eigenvalue weighted by molar-refractivity contribution is 0.204. The van der Waals surface area contributed by atoms with E-state index < -0.39 is 0 Å². The Bertz CT molecular complexity index is 423. The third kappa shape index (κ3) is 3.93. The SMILES string of the molecule is COCCN(c1ccc(Br)cc1C(N)=S)C(C)C. The summed E-state index contributed by atoms with van der Waals surface area (Å²) in [7, 11) is 1.70. The maximum absolute atomic E-state index is 5.80. The molecule has 0 saturated carbocycles. The molecule has 1 rings (SSSR count). The third-order valence-electron chi connectivity index (χ3n) is 2.69. The molecule has 0 aliphatic heterocycles. The van der Waals surface area contributed by atoms with E-state index in [2.05, 4.69) is 34.7 Å². The standard InChI is InChI=1S/C13H19BrN2OS/c1-9(2)16(6-7-17-3)12-5-4-10(14)8-11(12)13(15)18/h4-5,8-9H,6-7H2,1-3H3,(H2,15,18). The molecule has 0 fully saturated rings. The lowest BCUT2D eigenvalue weighted by Crippen LogP contribution is -2.35. The van der Waals surface area contributed by atoms with Gasteiger partial charge < -0.3 is 15.4 Å². The number of nitrogens with zero attached hydrogens (tertiary/aromatic N) is 1. The van der Waals surface area contributed by atoms with Crippen molar-refractivity contribution in [2.45, 2.75) is 19.9 Å². The van der Waals surface area contributed by atoms with Gasteiger partial charge in [0, 0.05) is 35.4 Å². The van der Waals surface area contributed by atoms with Crippen LogP contribution in [0.15, 0.2) is 22.7 Å². The minimum Gasteiger partial charge on any atom is -0.389 e. The topological polar surface area (TPSA) is 38.5 Å². The molecular weight excluding hydrogens is 312 g/mol. The number of thiocarbonyl (C=S) groups is 1. The van der Waals surface area contributed by atoms with Crippen LogP contribution in [-0.2, 0) is 4.74 Å². The zero-order chi connectivity index (χ0) is 13.7. The Morgan fingerprint density at radius 3 is 2.67 bits per heavy atom. The molecule has 0 heterocycles. The van der Waals surface area contributed by atoms with Gasteiger partial charge in [0.05, 0.1) is 6.61 Å². The number of benzene rings is 1. The van der Waals surface area contributed by atoms with Crippen LogP contribution in [0, 0.1) is 0 Å². The first-order valence-corrected chi connectivity index (χ1v) is 7.02. The Kier molecular flexibility index (Phi) is 6.05. The van der Waals surface area contributed by atoms with E-state index in [9.17, 15) is 0 Å². The summed E-state index contributed by atoms with van der Waals surface area (Å²) >= 11 is 8.57. The van der Waals surface area contributed by atoms with Crippen LogP contribution < -0.4 is 10.6 Å². The van der Waals surface area contributed by atoms with E-state index in [4.69, 9.17) is 22.7 Å². The van der Waals surface area contributed by atoms with Gasteiger partial charge in [-0.3, -0.25) is 0 Å². The number of methoxy groups -OCH3 is 1. The van der Waals surface area contributed by atoms with Gasteiger partial charge in [-0.2, -0.15) is 0 Å². The van der Waals surface area contributed by atoms with Gasteiger partial charge in [-0.05, 0) is 32.0 Å². The summed E-state index contributed by atoms with van der Waals surface area (Å²) in [6, 6.07) is 6.35. The number of rotatable bonds is 6. The van der Waals surface area contributed by atoms with Crippen molar-refractivity contribution in [3.8, 4) is 0 Å². The smallest absolute Gasteiger partial charge is 0.106 e. The fraction of sp³-hybridized carbons (Fsp3) is 0.462. The normalized spacial score (nSPS) is 10.7. The highest BCUT2D eigenvalue weighted by Gasteiger charge is 2.15. The van der Waals surface area contributed by atoms with Gasteiger partial charge >= 0.3 is 0 Å². The minimum absolute atomic E-state index is 0.356. The van der Waals surface area contributed by atoms with Gasteiger partial charge in [-0.25, -0.2) is 0 Å². The average molecular weight is 331 g/mol. The first kappa shape index (κ1) is 15.4. The zero-order valence-corrected chi connectivity index (χ0v) is 13.3. The Morgan fingerprint density at radius 2 is 2.17 bits per heavy atom. The first-order valence-electron chi connectivity index (χ1n) is 5.82. The highest BCUT2D eigenvalue weighted by molar-refractivity contribution is 9.10. The van der Waals surface area contributed by atoms with Gasteiger partial charge in [0.1, 0.15) is 4.99 Å². The summed E-state index contributed by atoms with van der Waals surface area (Å²) < 4.78 is 6.13. The molecule has 0 radical (unpaired) electrons. The van der Waals surface area contributed by atoms with Crippen molar-refractivity contribution in [3.05, 3.63) is 28.2 Å². The summed E-state index contributed by atoms with van der Waals surface area (Å²) in [6.45, 7) is 5.76. The van der Waals surface area contributed by atoms with Crippen LogP contribution >= 0.6 is 28.1 Å². The van der Waals surface area contributed by atoms with E-state index in [-0.39, 0.29) is 0 Å². The molecule has 0 bridgehead atoms. The van der Waals surface area contributed by atoms with Crippen molar-refractivity contribution >= 4 is 38.8 Å². The van der Waals surface area contributed by atoms with E-state index in [1.54, 1.807) is 7.11 Å². The van der Waals surface area contributed by atoms with E-state index in [1.807, 2.05) is 18.2 Å². The molecule has 1 aromatic carbocycles. The Balaban J connectivity index is 3.14. The van der Waals surface area contributed by atoms with Crippen molar-refractivity contribution < 1.29 is 4.74 Å². The van der Waals surface area contributed by atoms with E-state index in [1.165, 1.54) is 0 Å². The van der Waals surface area contributed by atoms with Crippen molar-refractivity contribution in [1.82, 2.24) is 0 Å². The number of hydrogen-bond acceptors (Lipinski definition) is 3. The quantitative estimate of drug-likeness (QED) is 0.814. The van der Waals surface area contributed by atoms with Crippen molar-refractivity contribution in [3.63, 3.8) is 0 Å². The molecule has 0 atom stereocenters. The lowest BCUT2D eigenvalue weighted by Gasteiger charge is -2.30. The van der Waals surface area contributed by atoms with Crippen LogP contribution in [0.1, 0.15) is 19.4 Å². The van der Waals surface area contributed by atoms with Crippen molar-refractivity contribution in [2.24, 2.45) is 5.73 Å². The van der Waals surface area contributed by atoms with Crippen LogP contribution in [0.4, 0.5) is 5.69 Å². The van der Waals surface area contributed by atoms with E-state index in [0.717, 1.165) is 22.3 Å². The summed E-state index contributed by atoms with van der Waals surface area (Å²) in [5.41, 5.74) is 7.75. The predicted octanol–water partition coefficient (Wildman–Crippen LogP) is 2.94. The molecule has 0 aliphatic rings. The van der Waals surface area contributed by atoms with Crippen LogP contribution in [-0.4, -0.2) is 31.3 Å². The number of anilines is 1.